The first-order valence-corrected chi connectivity index (χ1v) is 15.3. The molecule has 0 spiro atoms. The van der Waals surface area contributed by atoms with Crippen LogP contribution in [0.5, 0.6) is 46.0 Å². The first-order chi connectivity index (χ1) is 22.6. The van der Waals surface area contributed by atoms with Gasteiger partial charge in [0.1, 0.15) is 11.5 Å². The van der Waals surface area contributed by atoms with E-state index in [2.05, 4.69) is 19.1 Å². The Bertz CT molecular complexity index is 2240. The van der Waals surface area contributed by atoms with Crippen LogP contribution in [0.4, 0.5) is 0 Å². The third kappa shape index (κ3) is 4.34. The quantitative estimate of drug-likeness (QED) is 0.0771. The highest BCUT2D eigenvalue weighted by Gasteiger charge is 2.25. The third-order valence-corrected chi connectivity index (χ3v) is 8.71. The second-order valence-corrected chi connectivity index (χ2v) is 11.6. The van der Waals surface area contributed by atoms with E-state index < -0.39 is 5.97 Å². The molecule has 0 aliphatic carbocycles. The van der Waals surface area contributed by atoms with E-state index in [4.69, 9.17) is 37.9 Å². The number of hydrogen-bond donors (Lipinski definition) is 0. The third-order valence-electron chi connectivity index (χ3n) is 8.71. The van der Waals surface area contributed by atoms with Gasteiger partial charge in [-0.15, -0.1) is 0 Å². The van der Waals surface area contributed by atoms with Gasteiger partial charge in [-0.3, -0.25) is 4.79 Å². The van der Waals surface area contributed by atoms with Crippen molar-refractivity contribution < 1.29 is 42.7 Å². The Hall–Kier alpha value is -5.57. The lowest BCUT2D eigenvalue weighted by Crippen LogP contribution is -2.11. The number of ether oxygens (including phenoxy) is 8. The van der Waals surface area contributed by atoms with Crippen LogP contribution in [0.25, 0.3) is 43.1 Å². The maximum Gasteiger partial charge on any atom is 0.315 e. The second kappa shape index (κ2) is 10.5. The van der Waals surface area contributed by atoms with Gasteiger partial charge in [-0.25, -0.2) is 0 Å². The predicted molar refractivity (Wildman–Crippen MR) is 171 cm³/mol. The molecular formula is C37H28O9. The summed E-state index contributed by atoms with van der Waals surface area (Å²) in [6.07, 6.45) is 2.06. The number of benzene rings is 6. The molecule has 230 valence electrons. The van der Waals surface area contributed by atoms with Crippen LogP contribution in [0.15, 0.2) is 66.7 Å². The molecule has 0 saturated carbocycles. The number of carbonyl (C=O) groups is 1. The van der Waals surface area contributed by atoms with Crippen LogP contribution in [-0.4, -0.2) is 33.0 Å². The van der Waals surface area contributed by atoms with Crippen molar-refractivity contribution in [2.45, 2.75) is 26.2 Å². The highest BCUT2D eigenvalue weighted by molar-refractivity contribution is 6.33. The van der Waals surface area contributed by atoms with Crippen molar-refractivity contribution >= 4 is 49.1 Å². The van der Waals surface area contributed by atoms with Crippen molar-refractivity contribution in [1.82, 2.24) is 0 Å². The second-order valence-electron chi connectivity index (χ2n) is 11.6. The molecule has 0 fully saturated rings. The van der Waals surface area contributed by atoms with E-state index in [0.29, 0.717) is 46.9 Å². The van der Waals surface area contributed by atoms with E-state index in [9.17, 15) is 4.79 Å². The fourth-order valence-corrected chi connectivity index (χ4v) is 6.53. The van der Waals surface area contributed by atoms with Gasteiger partial charge in [-0.1, -0.05) is 25.5 Å². The Morgan fingerprint density at radius 2 is 1.28 bits per heavy atom. The van der Waals surface area contributed by atoms with Crippen LogP contribution in [-0.2, 0) is 11.2 Å². The number of fused-ring (bicyclic) bond motifs is 11. The summed E-state index contributed by atoms with van der Waals surface area (Å²) in [5, 5.41) is 7.25. The van der Waals surface area contributed by atoms with Gasteiger partial charge in [-0.2, -0.15) is 0 Å². The molecule has 3 heterocycles. The Morgan fingerprint density at radius 1 is 0.630 bits per heavy atom. The van der Waals surface area contributed by atoms with Gasteiger partial charge in [-0.05, 0) is 98.9 Å². The average Bonchev–Trinajstić information content (AvgIpc) is 3.83. The molecule has 3 aliphatic heterocycles. The smallest absolute Gasteiger partial charge is 0.315 e. The largest absolute Gasteiger partial charge is 0.494 e. The molecule has 0 saturated heterocycles. The van der Waals surface area contributed by atoms with Crippen molar-refractivity contribution in [1.29, 1.82) is 0 Å². The first kappa shape index (κ1) is 26.8. The van der Waals surface area contributed by atoms with Crippen molar-refractivity contribution in [2.24, 2.45) is 0 Å². The van der Waals surface area contributed by atoms with Gasteiger partial charge in [0.15, 0.2) is 34.5 Å². The summed E-state index contributed by atoms with van der Waals surface area (Å²) in [4.78, 5) is 13.6. The lowest BCUT2D eigenvalue weighted by atomic mass is 9.90. The van der Waals surface area contributed by atoms with Gasteiger partial charge in [0.2, 0.25) is 20.4 Å². The van der Waals surface area contributed by atoms with Crippen LogP contribution in [0, 0.1) is 0 Å². The molecule has 9 rings (SSSR count). The zero-order valence-electron chi connectivity index (χ0n) is 25.0. The van der Waals surface area contributed by atoms with Crippen LogP contribution in [0.2, 0.25) is 0 Å². The maximum absolute atomic E-state index is 13.6. The molecule has 0 unspecified atom stereocenters. The molecule has 0 amide bonds. The highest BCUT2D eigenvalue weighted by atomic mass is 16.7. The summed E-state index contributed by atoms with van der Waals surface area (Å²) in [6.45, 7) is 3.22. The van der Waals surface area contributed by atoms with E-state index in [1.54, 1.807) is 0 Å². The molecule has 0 aromatic heterocycles. The maximum atomic E-state index is 13.6. The molecule has 0 bridgehead atoms. The molecule has 6 aromatic rings. The van der Waals surface area contributed by atoms with Crippen molar-refractivity contribution in [3.63, 3.8) is 0 Å². The molecule has 0 atom stereocenters. The summed E-state index contributed by atoms with van der Waals surface area (Å²) in [7, 11) is 0. The standard InChI is InChI=1S/C37H28O9/c1-2-3-8-39-22-5-6-23-25(13-22)26-15-32-33(45-19-44-32)16-27(26)37-34(12-21-11-30-31(43-18-42-30)14-24(21)36(23)37)46-35(38)10-20-4-7-28-29(9-20)41-17-40-28/h4-7,9,11-16H,2-3,8,10,17-19H2,1H3. The van der Waals surface area contributed by atoms with Gasteiger partial charge in [0, 0.05) is 10.8 Å². The summed E-state index contributed by atoms with van der Waals surface area (Å²) in [5.74, 6) is 4.69. The van der Waals surface area contributed by atoms with Crippen molar-refractivity contribution in [3.05, 3.63) is 72.3 Å². The molecule has 0 radical (unpaired) electrons. The van der Waals surface area contributed by atoms with Gasteiger partial charge in [0.25, 0.3) is 0 Å². The number of rotatable bonds is 7. The van der Waals surface area contributed by atoms with Crippen molar-refractivity contribution in [2.75, 3.05) is 27.0 Å². The topological polar surface area (TPSA) is 90.9 Å². The Balaban J connectivity index is 1.28. The molecule has 46 heavy (non-hydrogen) atoms. The Morgan fingerprint density at radius 3 is 2.04 bits per heavy atom. The van der Waals surface area contributed by atoms with Crippen LogP contribution in [0.1, 0.15) is 25.3 Å². The highest BCUT2D eigenvalue weighted by Crippen LogP contribution is 2.50. The SMILES string of the molecule is CCCCOc1ccc2c(c1)c1cc3c(cc1c1c(OC(=O)Cc4ccc5c(c4)OCO5)cc4cc5c(cc4c21)OCO5)OCO3. The van der Waals surface area contributed by atoms with E-state index >= 15 is 0 Å². The fraction of sp³-hybridized carbons (Fsp3) is 0.216. The van der Waals surface area contributed by atoms with Gasteiger partial charge in [0.05, 0.1) is 13.0 Å². The van der Waals surface area contributed by atoms with Crippen LogP contribution >= 0.6 is 0 Å². The number of carbonyl (C=O) groups excluding carboxylic acids is 1. The minimum absolute atomic E-state index is 0.0492. The molecule has 6 aromatic carbocycles. The van der Waals surface area contributed by atoms with Gasteiger partial charge < -0.3 is 37.9 Å². The summed E-state index contributed by atoms with van der Waals surface area (Å²) >= 11 is 0. The Kier molecular flexibility index (Phi) is 6.12. The zero-order chi connectivity index (χ0) is 30.8. The summed E-state index contributed by atoms with van der Waals surface area (Å²) < 4.78 is 46.5. The fourth-order valence-electron chi connectivity index (χ4n) is 6.53. The average molecular weight is 617 g/mol. The Labute approximate surface area is 263 Å². The molecule has 3 aliphatic rings. The lowest BCUT2D eigenvalue weighted by Gasteiger charge is -2.18. The predicted octanol–water partition coefficient (Wildman–Crippen LogP) is 7.81. The first-order valence-electron chi connectivity index (χ1n) is 15.3. The van der Waals surface area contributed by atoms with E-state index in [1.807, 2.05) is 54.6 Å². The van der Waals surface area contributed by atoms with Crippen molar-refractivity contribution in [3.8, 4) is 46.0 Å². The van der Waals surface area contributed by atoms with Crippen LogP contribution < -0.4 is 37.9 Å². The van der Waals surface area contributed by atoms with E-state index in [1.165, 1.54) is 0 Å². The lowest BCUT2D eigenvalue weighted by molar-refractivity contribution is -0.133. The minimum atomic E-state index is -0.408. The summed E-state index contributed by atoms with van der Waals surface area (Å²) in [6, 6.07) is 21.4. The van der Waals surface area contributed by atoms with Gasteiger partial charge >= 0.3 is 5.97 Å². The van der Waals surface area contributed by atoms with E-state index in [0.717, 1.165) is 67.2 Å². The normalized spacial score (nSPS) is 14.1. The van der Waals surface area contributed by atoms with E-state index in [-0.39, 0.29) is 26.8 Å². The molecule has 9 heteroatoms. The molecular weight excluding hydrogens is 588 g/mol. The summed E-state index contributed by atoms with van der Waals surface area (Å²) in [5.41, 5.74) is 0.761. The zero-order valence-corrected chi connectivity index (χ0v) is 25.0. The number of hydrogen-bond acceptors (Lipinski definition) is 9. The monoisotopic (exact) mass is 616 g/mol. The minimum Gasteiger partial charge on any atom is -0.494 e. The number of esters is 1. The molecule has 0 N–H and O–H groups in total. The number of unbranched alkanes of at least 4 members (excludes halogenated alkanes) is 1. The molecule has 9 nitrogen and oxygen atoms in total. The van der Waals surface area contributed by atoms with Crippen LogP contribution in [0.3, 0.4) is 0 Å².